The third kappa shape index (κ3) is 18.5. The van der Waals surface area contributed by atoms with Crippen LogP contribution in [0.1, 0.15) is 151 Å². The van der Waals surface area contributed by atoms with Crippen molar-refractivity contribution in [3.63, 3.8) is 0 Å². The Morgan fingerprint density at radius 1 is 0.500 bits per heavy atom. The van der Waals surface area contributed by atoms with E-state index >= 15 is 0 Å². The Bertz CT molecular complexity index is 2170. The highest BCUT2D eigenvalue weighted by atomic mass is 16.7. The maximum absolute atomic E-state index is 14.0. The van der Waals surface area contributed by atoms with E-state index in [1.165, 1.54) is 108 Å². The number of ether oxygens (including phenoxy) is 7. The fraction of sp³-hybridized carbons (Fsp3) is 0.464. The Labute approximate surface area is 412 Å². The molecule has 0 aliphatic carbocycles. The summed E-state index contributed by atoms with van der Waals surface area (Å²) in [5.41, 5.74) is 0.575. The molecule has 1 N–H and O–H groups in total. The van der Waals surface area contributed by atoms with Crippen LogP contribution in [0.25, 0.3) is 0 Å². The summed E-state index contributed by atoms with van der Waals surface area (Å²) in [5, 5.41) is 2.70. The van der Waals surface area contributed by atoms with Gasteiger partial charge in [-0.25, -0.2) is 24.0 Å². The molecule has 1 unspecified atom stereocenters. The van der Waals surface area contributed by atoms with E-state index in [0.29, 0.717) is 6.42 Å². The number of rotatable bonds is 30. The van der Waals surface area contributed by atoms with Crippen LogP contribution >= 0.6 is 0 Å². The van der Waals surface area contributed by atoms with Gasteiger partial charge in [-0.2, -0.15) is 0 Å². The molecule has 4 aromatic carbocycles. The van der Waals surface area contributed by atoms with Crippen LogP contribution in [0.5, 0.6) is 0 Å². The van der Waals surface area contributed by atoms with E-state index in [0.717, 1.165) is 25.7 Å². The van der Waals surface area contributed by atoms with E-state index < -0.39 is 85.7 Å². The molecule has 6 atom stereocenters. The van der Waals surface area contributed by atoms with E-state index in [4.69, 9.17) is 33.2 Å². The third-order valence-electron chi connectivity index (χ3n) is 12.0. The molecule has 0 aromatic heterocycles. The topological polar surface area (TPSA) is 179 Å². The highest BCUT2D eigenvalue weighted by Crippen LogP contribution is 2.32. The van der Waals surface area contributed by atoms with Gasteiger partial charge in [0.2, 0.25) is 5.91 Å². The van der Waals surface area contributed by atoms with Crippen LogP contribution in [0.3, 0.4) is 0 Å². The number of carbonyl (C=O) groups is 6. The zero-order valence-corrected chi connectivity index (χ0v) is 40.5. The molecule has 1 aliphatic heterocycles. The maximum Gasteiger partial charge on any atom is 0.338 e. The standard InChI is InChI=1S/C56H69NO13/c1-3-4-5-6-7-8-9-10-11-12-13-14-15-16-29-38-47(58)57-45(55(63)64-2)39-66-56-50(70-54(62)44-36-27-20-28-37-44)49(69-53(61)43-34-25-19-26-35-43)48(68-52(60)42-32-23-18-24-33-42)46(67-56)40-65-51(59)41-30-21-17-22-31-41/h17-28,30-37,45-46,48-50,56H,3-16,29,38-40H2,1-2H3,(H,57,58)/t45?,46-,48+,49+,50-,56-/m1/s1. The van der Waals surface area contributed by atoms with Crippen LogP contribution < -0.4 is 5.32 Å². The summed E-state index contributed by atoms with van der Waals surface area (Å²) in [4.78, 5) is 81.5. The highest BCUT2D eigenvalue weighted by Gasteiger charge is 2.54. The molecule has 0 radical (unpaired) electrons. The molecule has 1 amide bonds. The van der Waals surface area contributed by atoms with Crippen molar-refractivity contribution in [1.82, 2.24) is 5.32 Å². The highest BCUT2D eigenvalue weighted by molar-refractivity contribution is 5.92. The fourth-order valence-corrected chi connectivity index (χ4v) is 8.09. The number of amides is 1. The monoisotopic (exact) mass is 963 g/mol. The van der Waals surface area contributed by atoms with Gasteiger partial charge in [0.25, 0.3) is 0 Å². The van der Waals surface area contributed by atoms with Gasteiger partial charge in [-0.3, -0.25) is 4.79 Å². The first-order valence-electron chi connectivity index (χ1n) is 24.8. The van der Waals surface area contributed by atoms with E-state index in [1.807, 2.05) is 0 Å². The summed E-state index contributed by atoms with van der Waals surface area (Å²) < 4.78 is 41.7. The Hall–Kier alpha value is -6.38. The van der Waals surface area contributed by atoms with Crippen molar-refractivity contribution < 1.29 is 61.9 Å². The third-order valence-corrected chi connectivity index (χ3v) is 12.0. The zero-order chi connectivity index (χ0) is 49.8. The first-order valence-corrected chi connectivity index (χ1v) is 24.8. The molecule has 1 fully saturated rings. The number of hydrogen-bond donors (Lipinski definition) is 1. The van der Waals surface area contributed by atoms with Crippen molar-refractivity contribution in [2.24, 2.45) is 0 Å². The van der Waals surface area contributed by atoms with E-state index in [9.17, 15) is 28.8 Å². The van der Waals surface area contributed by atoms with Crippen LogP contribution in [-0.4, -0.2) is 92.8 Å². The van der Waals surface area contributed by atoms with Gasteiger partial charge < -0.3 is 38.5 Å². The average molecular weight is 964 g/mol. The van der Waals surface area contributed by atoms with Gasteiger partial charge in [0, 0.05) is 6.42 Å². The van der Waals surface area contributed by atoms with Gasteiger partial charge in [0.05, 0.1) is 36.0 Å². The first kappa shape index (κ1) is 54.6. The molecule has 1 heterocycles. The number of nitrogens with one attached hydrogen (secondary N) is 1. The minimum Gasteiger partial charge on any atom is -0.467 e. The van der Waals surface area contributed by atoms with Crippen LogP contribution in [-0.2, 0) is 42.7 Å². The van der Waals surface area contributed by atoms with Crippen molar-refractivity contribution in [2.45, 2.75) is 146 Å². The normalized spacial score (nSPS) is 17.9. The molecule has 1 aliphatic rings. The minimum absolute atomic E-state index is 0.113. The summed E-state index contributed by atoms with van der Waals surface area (Å²) in [6.45, 7) is 1.10. The summed E-state index contributed by atoms with van der Waals surface area (Å²) in [5.74, 6) is -4.59. The summed E-state index contributed by atoms with van der Waals surface area (Å²) in [7, 11) is 1.17. The van der Waals surface area contributed by atoms with Crippen LogP contribution in [0.15, 0.2) is 121 Å². The summed E-state index contributed by atoms with van der Waals surface area (Å²) in [6.07, 6.45) is 9.80. The molecule has 0 spiro atoms. The van der Waals surface area contributed by atoms with E-state index in [2.05, 4.69) is 12.2 Å². The van der Waals surface area contributed by atoms with Crippen molar-refractivity contribution in [1.29, 1.82) is 0 Å². The Kier molecular flexibility index (Phi) is 24.1. The fourth-order valence-electron chi connectivity index (χ4n) is 8.09. The molecule has 0 saturated carbocycles. The quantitative estimate of drug-likeness (QED) is 0.0297. The number of hydrogen-bond acceptors (Lipinski definition) is 13. The van der Waals surface area contributed by atoms with Gasteiger partial charge >= 0.3 is 29.8 Å². The molecule has 14 heteroatoms. The summed E-state index contributed by atoms with van der Waals surface area (Å²) in [6, 6.07) is 30.7. The van der Waals surface area contributed by atoms with Gasteiger partial charge in [-0.1, -0.05) is 170 Å². The lowest BCUT2D eigenvalue weighted by atomic mass is 9.97. The summed E-state index contributed by atoms with van der Waals surface area (Å²) >= 11 is 0. The largest absolute Gasteiger partial charge is 0.467 e. The van der Waals surface area contributed by atoms with Crippen molar-refractivity contribution >= 4 is 35.8 Å². The number of benzene rings is 4. The van der Waals surface area contributed by atoms with Crippen LogP contribution in [0.2, 0.25) is 0 Å². The Balaban J connectivity index is 1.32. The van der Waals surface area contributed by atoms with Gasteiger partial charge in [-0.15, -0.1) is 0 Å². The second-order valence-electron chi connectivity index (χ2n) is 17.4. The molecular formula is C56H69NO13. The molecule has 0 bridgehead atoms. The molecule has 5 rings (SSSR count). The second kappa shape index (κ2) is 31.0. The zero-order valence-electron chi connectivity index (χ0n) is 40.5. The van der Waals surface area contributed by atoms with Gasteiger partial charge in [0.1, 0.15) is 12.7 Å². The van der Waals surface area contributed by atoms with Gasteiger partial charge in [-0.05, 0) is 55.0 Å². The Morgan fingerprint density at radius 3 is 1.31 bits per heavy atom. The second-order valence-corrected chi connectivity index (χ2v) is 17.4. The number of carbonyl (C=O) groups excluding carboxylic acids is 6. The first-order chi connectivity index (χ1) is 34.2. The molecular weight excluding hydrogens is 895 g/mol. The number of esters is 5. The smallest absolute Gasteiger partial charge is 0.338 e. The lowest BCUT2D eigenvalue weighted by Gasteiger charge is -2.44. The lowest BCUT2D eigenvalue weighted by Crippen LogP contribution is -2.63. The SMILES string of the molecule is CCCCCCCCCCCCCCCCCC(=O)NC(CO[C@@H]1O[C@H](COC(=O)c2ccccc2)[C@H](OC(=O)c2ccccc2)[C@H](OC(=O)c2ccccc2)[C@H]1OC(=O)c1ccccc1)C(=O)OC. The molecule has 70 heavy (non-hydrogen) atoms. The molecule has 376 valence electrons. The van der Waals surface area contributed by atoms with Crippen LogP contribution in [0.4, 0.5) is 0 Å². The van der Waals surface area contributed by atoms with Gasteiger partial charge in [0.15, 0.2) is 30.6 Å². The minimum atomic E-state index is -1.69. The Morgan fingerprint density at radius 2 is 0.886 bits per heavy atom. The average Bonchev–Trinajstić information content (AvgIpc) is 3.39. The number of unbranched alkanes of at least 4 members (excludes halogenated alkanes) is 14. The molecule has 1 saturated heterocycles. The van der Waals surface area contributed by atoms with Crippen molar-refractivity contribution in [3.8, 4) is 0 Å². The predicted octanol–water partition coefficient (Wildman–Crippen LogP) is 10.2. The molecule has 4 aromatic rings. The number of methoxy groups -OCH3 is 1. The van der Waals surface area contributed by atoms with E-state index in [-0.39, 0.29) is 28.7 Å². The predicted molar refractivity (Wildman–Crippen MR) is 262 cm³/mol. The van der Waals surface area contributed by atoms with Crippen LogP contribution in [0, 0.1) is 0 Å². The van der Waals surface area contributed by atoms with Crippen molar-refractivity contribution in [2.75, 3.05) is 20.3 Å². The lowest BCUT2D eigenvalue weighted by molar-refractivity contribution is -0.299. The van der Waals surface area contributed by atoms with Crippen molar-refractivity contribution in [3.05, 3.63) is 144 Å². The molecule has 14 nitrogen and oxygen atoms in total. The maximum atomic E-state index is 14.0. The van der Waals surface area contributed by atoms with E-state index in [1.54, 1.807) is 84.9 Å².